The highest BCUT2D eigenvalue weighted by Gasteiger charge is 2.31. The average molecular weight is 505 g/mol. The fourth-order valence-corrected chi connectivity index (χ4v) is 4.19. The molecule has 8 nitrogen and oxygen atoms in total. The minimum atomic E-state index is -0.723. The minimum Gasteiger partial charge on any atom is -0.423 e. The fourth-order valence-electron chi connectivity index (χ4n) is 3.96. The van der Waals surface area contributed by atoms with Gasteiger partial charge in [-0.3, -0.25) is 10.1 Å². The first kappa shape index (κ1) is 23.5. The molecule has 36 heavy (non-hydrogen) atoms. The smallest absolute Gasteiger partial charge is 0.302 e. The Hall–Kier alpha value is -4.24. The average Bonchev–Trinajstić information content (AvgIpc) is 3.25. The summed E-state index contributed by atoms with van der Waals surface area (Å²) in [6, 6.07) is 14.4. The molecule has 1 aliphatic heterocycles. The van der Waals surface area contributed by atoms with E-state index in [4.69, 9.17) is 21.0 Å². The van der Waals surface area contributed by atoms with Crippen molar-refractivity contribution in [1.29, 1.82) is 0 Å². The van der Waals surface area contributed by atoms with Crippen LogP contribution in [0.4, 0.5) is 16.2 Å². The van der Waals surface area contributed by atoms with Crippen molar-refractivity contribution in [3.05, 3.63) is 94.0 Å². The molecule has 3 heterocycles. The van der Waals surface area contributed by atoms with Crippen molar-refractivity contribution in [2.24, 2.45) is 4.99 Å². The van der Waals surface area contributed by atoms with Crippen LogP contribution >= 0.6 is 11.6 Å². The van der Waals surface area contributed by atoms with Gasteiger partial charge >= 0.3 is 6.01 Å². The molecule has 4 aromatic rings. The van der Waals surface area contributed by atoms with Gasteiger partial charge in [-0.15, -0.1) is 0 Å². The first-order valence-electron chi connectivity index (χ1n) is 11.3. The predicted molar refractivity (Wildman–Crippen MR) is 137 cm³/mol. The number of carbonyl (C=O) groups excluding carboxylic acids is 1. The molecule has 1 amide bonds. The Morgan fingerprint density at radius 2 is 2.03 bits per heavy atom. The Labute approximate surface area is 211 Å². The number of rotatable bonds is 5. The van der Waals surface area contributed by atoms with E-state index in [0.717, 1.165) is 12.0 Å². The summed E-state index contributed by atoms with van der Waals surface area (Å²) < 4.78 is 19.2. The number of fused-ring (bicyclic) bond motifs is 1. The van der Waals surface area contributed by atoms with Crippen molar-refractivity contribution in [2.75, 3.05) is 10.6 Å². The van der Waals surface area contributed by atoms with Crippen molar-refractivity contribution in [3.63, 3.8) is 0 Å². The van der Waals surface area contributed by atoms with Crippen molar-refractivity contribution >= 4 is 46.4 Å². The highest BCUT2D eigenvalue weighted by Crippen LogP contribution is 2.35. The Morgan fingerprint density at radius 3 is 2.83 bits per heavy atom. The highest BCUT2D eigenvalue weighted by atomic mass is 35.5. The largest absolute Gasteiger partial charge is 0.423 e. The summed E-state index contributed by atoms with van der Waals surface area (Å²) >= 11 is 6.51. The third kappa shape index (κ3) is 4.78. The van der Waals surface area contributed by atoms with Crippen LogP contribution in [0.1, 0.15) is 31.0 Å². The van der Waals surface area contributed by atoms with E-state index in [2.05, 4.69) is 25.9 Å². The molecule has 2 aromatic heterocycles. The molecule has 0 saturated carbocycles. The number of pyridine rings is 1. The number of hydrogen-bond acceptors (Lipinski definition) is 7. The quantitative estimate of drug-likeness (QED) is 0.326. The summed E-state index contributed by atoms with van der Waals surface area (Å²) in [6.45, 7) is 3.80. The zero-order chi connectivity index (χ0) is 25.2. The molecule has 10 heteroatoms. The third-order valence-electron chi connectivity index (χ3n) is 5.74. The Balaban J connectivity index is 1.48. The van der Waals surface area contributed by atoms with Crippen molar-refractivity contribution < 1.29 is 13.6 Å². The summed E-state index contributed by atoms with van der Waals surface area (Å²) in [4.78, 5) is 26.7. The monoisotopic (exact) mass is 504 g/mol. The number of halogens is 2. The van der Waals surface area contributed by atoms with Gasteiger partial charge in [0.25, 0.3) is 5.91 Å². The molecule has 0 spiro atoms. The van der Waals surface area contributed by atoms with Gasteiger partial charge in [-0.2, -0.15) is 4.98 Å². The summed E-state index contributed by atoms with van der Waals surface area (Å²) in [6.07, 6.45) is 2.48. The molecule has 1 atom stereocenters. The van der Waals surface area contributed by atoms with Gasteiger partial charge in [0.2, 0.25) is 5.96 Å². The molecule has 182 valence electrons. The molecule has 1 unspecified atom stereocenters. The van der Waals surface area contributed by atoms with Crippen molar-refractivity contribution in [3.8, 4) is 0 Å². The maximum Gasteiger partial charge on any atom is 0.302 e. The minimum absolute atomic E-state index is 0.126. The lowest BCUT2D eigenvalue weighted by Gasteiger charge is -2.26. The molecule has 0 saturated heterocycles. The molecule has 0 radical (unpaired) electrons. The number of carbonyl (C=O) groups is 1. The second-order valence-electron chi connectivity index (χ2n) is 8.18. The standard InChI is InChI=1S/C26H22ClFN6O2/c1-3-15-10-11-29-21(12-15)32-24(35)22-14(2)30-25(33-23(22)17-6-4-5-7-18(17)27)34-26-31-19-9-8-16(28)13-20(19)36-26/h4-13,23H,3H2,1-2H3,(H,29,32,35)(H2,30,31,33,34). The molecule has 3 N–H and O–H groups in total. The number of benzene rings is 2. The summed E-state index contributed by atoms with van der Waals surface area (Å²) in [7, 11) is 0. The van der Waals surface area contributed by atoms with E-state index in [1.165, 1.54) is 18.2 Å². The number of aromatic nitrogens is 2. The van der Waals surface area contributed by atoms with E-state index < -0.39 is 11.9 Å². The second-order valence-corrected chi connectivity index (χ2v) is 8.59. The van der Waals surface area contributed by atoms with Crippen LogP contribution in [0.25, 0.3) is 11.1 Å². The number of nitrogens with one attached hydrogen (secondary N) is 3. The number of aliphatic imine (C=N–C) groups is 1. The number of anilines is 2. The Morgan fingerprint density at radius 1 is 1.19 bits per heavy atom. The number of guanidine groups is 1. The van der Waals surface area contributed by atoms with Crippen LogP contribution in [0, 0.1) is 5.82 Å². The van der Waals surface area contributed by atoms with Crippen LogP contribution in [0.5, 0.6) is 0 Å². The maximum atomic E-state index is 13.5. The number of nitrogens with zero attached hydrogens (tertiary/aromatic N) is 3. The van der Waals surface area contributed by atoms with E-state index in [0.29, 0.717) is 44.7 Å². The van der Waals surface area contributed by atoms with Gasteiger partial charge in [0.1, 0.15) is 23.2 Å². The van der Waals surface area contributed by atoms with E-state index in [-0.39, 0.29) is 11.9 Å². The van der Waals surface area contributed by atoms with Crippen LogP contribution in [0.2, 0.25) is 5.02 Å². The lowest BCUT2D eigenvalue weighted by Crippen LogP contribution is -2.37. The number of allylic oxidation sites excluding steroid dienone is 1. The molecule has 1 aliphatic rings. The van der Waals surface area contributed by atoms with E-state index in [1.807, 2.05) is 37.3 Å². The lowest BCUT2D eigenvalue weighted by molar-refractivity contribution is -0.113. The van der Waals surface area contributed by atoms with E-state index >= 15 is 0 Å². The summed E-state index contributed by atoms with van der Waals surface area (Å²) in [5.41, 5.74) is 3.44. The first-order chi connectivity index (χ1) is 17.4. The van der Waals surface area contributed by atoms with Gasteiger partial charge in [0.15, 0.2) is 5.58 Å². The highest BCUT2D eigenvalue weighted by molar-refractivity contribution is 6.31. The zero-order valence-corrected chi connectivity index (χ0v) is 20.2. The van der Waals surface area contributed by atoms with Crippen LogP contribution in [0.15, 0.2) is 81.5 Å². The van der Waals surface area contributed by atoms with Gasteiger partial charge < -0.3 is 15.1 Å². The number of amides is 1. The van der Waals surface area contributed by atoms with Gasteiger partial charge in [-0.25, -0.2) is 14.4 Å². The molecular formula is C26H22ClFN6O2. The SMILES string of the molecule is CCc1ccnc(NC(=O)C2=C(C)NC(Nc3nc4ccc(F)cc4o3)=NC2c2ccccc2Cl)c1. The molecular weight excluding hydrogens is 483 g/mol. The summed E-state index contributed by atoms with van der Waals surface area (Å²) in [5, 5.41) is 9.42. The molecule has 5 rings (SSSR count). The van der Waals surface area contributed by atoms with Gasteiger partial charge in [-0.05, 0) is 49.2 Å². The van der Waals surface area contributed by atoms with Crippen molar-refractivity contribution in [2.45, 2.75) is 26.3 Å². The van der Waals surface area contributed by atoms with Crippen LogP contribution < -0.4 is 16.0 Å². The van der Waals surface area contributed by atoms with Gasteiger partial charge in [0.05, 0.1) is 5.57 Å². The normalized spacial score (nSPS) is 15.4. The maximum absolute atomic E-state index is 13.5. The molecule has 2 aromatic carbocycles. The van der Waals surface area contributed by atoms with E-state index in [9.17, 15) is 9.18 Å². The molecule has 0 aliphatic carbocycles. The van der Waals surface area contributed by atoms with Gasteiger partial charge in [-0.1, -0.05) is 36.7 Å². The fraction of sp³-hybridized carbons (Fsp3) is 0.154. The first-order valence-corrected chi connectivity index (χ1v) is 11.7. The number of aryl methyl sites for hydroxylation is 1. The Bertz CT molecular complexity index is 1530. The predicted octanol–water partition coefficient (Wildman–Crippen LogP) is 5.60. The number of oxazole rings is 1. The molecule has 0 bridgehead atoms. The van der Waals surface area contributed by atoms with Gasteiger partial charge in [0, 0.05) is 28.5 Å². The molecule has 0 fully saturated rings. The van der Waals surface area contributed by atoms with Crippen LogP contribution in [0.3, 0.4) is 0 Å². The van der Waals surface area contributed by atoms with Crippen LogP contribution in [-0.4, -0.2) is 21.8 Å². The van der Waals surface area contributed by atoms with Crippen molar-refractivity contribution in [1.82, 2.24) is 15.3 Å². The second kappa shape index (κ2) is 9.79. The third-order valence-corrected chi connectivity index (χ3v) is 6.08. The van der Waals surface area contributed by atoms with Crippen LogP contribution in [-0.2, 0) is 11.2 Å². The summed E-state index contributed by atoms with van der Waals surface area (Å²) in [5.74, 6) is -0.0346. The Kier molecular flexibility index (Phi) is 6.39. The topological polar surface area (TPSA) is 104 Å². The lowest BCUT2D eigenvalue weighted by atomic mass is 9.95. The number of hydrogen-bond donors (Lipinski definition) is 3. The zero-order valence-electron chi connectivity index (χ0n) is 19.5. The van der Waals surface area contributed by atoms with E-state index in [1.54, 1.807) is 19.2 Å².